The first-order valence-corrected chi connectivity index (χ1v) is 6.89. The SMILES string of the molecule is Cc1cc(N2CCC(Nn3cncn3)CC2C)ncn1. The van der Waals surface area contributed by atoms with Crippen LogP contribution in [0.1, 0.15) is 25.5 Å². The van der Waals surface area contributed by atoms with E-state index in [9.17, 15) is 0 Å². The molecule has 106 valence electrons. The molecule has 7 heteroatoms. The maximum atomic E-state index is 4.38. The quantitative estimate of drug-likeness (QED) is 0.898. The molecular formula is C13H19N7. The molecule has 1 N–H and O–H groups in total. The van der Waals surface area contributed by atoms with Crippen LogP contribution in [0, 0.1) is 6.92 Å². The zero-order valence-electron chi connectivity index (χ0n) is 11.8. The van der Waals surface area contributed by atoms with Gasteiger partial charge >= 0.3 is 0 Å². The predicted molar refractivity (Wildman–Crippen MR) is 76.0 cm³/mol. The number of nitrogens with zero attached hydrogens (tertiary/aromatic N) is 6. The van der Waals surface area contributed by atoms with Gasteiger partial charge in [0.15, 0.2) is 0 Å². The summed E-state index contributed by atoms with van der Waals surface area (Å²) in [5, 5.41) is 4.08. The predicted octanol–water partition coefficient (Wildman–Crippen LogP) is 0.978. The Hall–Kier alpha value is -2.18. The second-order valence-electron chi connectivity index (χ2n) is 5.25. The van der Waals surface area contributed by atoms with Gasteiger partial charge in [0.1, 0.15) is 24.8 Å². The summed E-state index contributed by atoms with van der Waals surface area (Å²) in [6, 6.07) is 2.88. The second-order valence-corrected chi connectivity index (χ2v) is 5.25. The molecule has 3 rings (SSSR count). The van der Waals surface area contributed by atoms with Crippen LogP contribution in [0.5, 0.6) is 0 Å². The molecule has 0 aliphatic carbocycles. The van der Waals surface area contributed by atoms with Gasteiger partial charge in [0.2, 0.25) is 0 Å². The van der Waals surface area contributed by atoms with Crippen LogP contribution < -0.4 is 10.3 Å². The van der Waals surface area contributed by atoms with Gasteiger partial charge in [-0.1, -0.05) is 0 Å². The Labute approximate surface area is 118 Å². The van der Waals surface area contributed by atoms with Crippen LogP contribution in [-0.4, -0.2) is 43.5 Å². The van der Waals surface area contributed by atoms with Crippen molar-refractivity contribution in [2.45, 2.75) is 38.8 Å². The van der Waals surface area contributed by atoms with Crippen molar-refractivity contribution in [2.24, 2.45) is 0 Å². The summed E-state index contributed by atoms with van der Waals surface area (Å²) in [5.74, 6) is 1.02. The summed E-state index contributed by atoms with van der Waals surface area (Å²) >= 11 is 0. The number of nitrogens with one attached hydrogen (secondary N) is 1. The fourth-order valence-electron chi connectivity index (χ4n) is 2.69. The topological polar surface area (TPSA) is 71.8 Å². The minimum absolute atomic E-state index is 0.408. The summed E-state index contributed by atoms with van der Waals surface area (Å²) in [4.78, 5) is 16.5. The van der Waals surface area contributed by atoms with Crippen molar-refractivity contribution in [3.63, 3.8) is 0 Å². The van der Waals surface area contributed by atoms with E-state index < -0.39 is 0 Å². The van der Waals surface area contributed by atoms with Gasteiger partial charge in [-0.15, -0.1) is 5.10 Å². The Morgan fingerprint density at radius 3 is 2.90 bits per heavy atom. The fraction of sp³-hybridized carbons (Fsp3) is 0.538. The van der Waals surface area contributed by atoms with Crippen molar-refractivity contribution >= 4 is 5.82 Å². The summed E-state index contributed by atoms with van der Waals surface area (Å²) in [7, 11) is 0. The van der Waals surface area contributed by atoms with Crippen LogP contribution in [0.25, 0.3) is 0 Å². The van der Waals surface area contributed by atoms with Gasteiger partial charge in [-0.05, 0) is 26.7 Å². The van der Waals surface area contributed by atoms with Gasteiger partial charge in [0.05, 0.1) is 0 Å². The maximum Gasteiger partial charge on any atom is 0.139 e. The molecule has 1 fully saturated rings. The zero-order chi connectivity index (χ0) is 13.9. The summed E-state index contributed by atoms with van der Waals surface area (Å²) in [5.41, 5.74) is 4.36. The number of hydrogen-bond acceptors (Lipinski definition) is 6. The molecule has 2 unspecified atom stereocenters. The standard InChI is InChI=1S/C13H19N7/c1-10-5-13(16-8-15-10)19-4-3-12(6-11(19)2)18-20-9-14-7-17-20/h5,7-9,11-12,18H,3-4,6H2,1-2H3. The maximum absolute atomic E-state index is 4.38. The Bertz CT molecular complexity index is 554. The highest BCUT2D eigenvalue weighted by Gasteiger charge is 2.26. The number of rotatable bonds is 3. The third-order valence-electron chi connectivity index (χ3n) is 3.69. The Morgan fingerprint density at radius 1 is 1.30 bits per heavy atom. The van der Waals surface area contributed by atoms with E-state index in [0.717, 1.165) is 30.9 Å². The van der Waals surface area contributed by atoms with Crippen molar-refractivity contribution in [1.29, 1.82) is 0 Å². The van der Waals surface area contributed by atoms with Crippen LogP contribution in [0.4, 0.5) is 5.82 Å². The molecule has 0 saturated carbocycles. The largest absolute Gasteiger partial charge is 0.354 e. The molecule has 2 aromatic rings. The van der Waals surface area contributed by atoms with E-state index in [-0.39, 0.29) is 0 Å². The third-order valence-corrected chi connectivity index (χ3v) is 3.69. The van der Waals surface area contributed by atoms with E-state index in [1.54, 1.807) is 17.4 Å². The molecular weight excluding hydrogens is 254 g/mol. The molecule has 0 radical (unpaired) electrons. The molecule has 1 aliphatic heterocycles. The first-order valence-electron chi connectivity index (χ1n) is 6.89. The molecule has 7 nitrogen and oxygen atoms in total. The lowest BCUT2D eigenvalue weighted by Gasteiger charge is -2.38. The van der Waals surface area contributed by atoms with Crippen molar-refractivity contribution in [3.8, 4) is 0 Å². The molecule has 2 atom stereocenters. The van der Waals surface area contributed by atoms with Gasteiger partial charge in [0.25, 0.3) is 0 Å². The minimum atomic E-state index is 0.408. The van der Waals surface area contributed by atoms with E-state index in [0.29, 0.717) is 12.1 Å². The monoisotopic (exact) mass is 273 g/mol. The van der Waals surface area contributed by atoms with Crippen molar-refractivity contribution < 1.29 is 0 Å². The van der Waals surface area contributed by atoms with E-state index in [1.165, 1.54) is 6.33 Å². The average Bonchev–Trinajstić information content (AvgIpc) is 2.92. The highest BCUT2D eigenvalue weighted by molar-refractivity contribution is 5.40. The Balaban J connectivity index is 1.65. The molecule has 20 heavy (non-hydrogen) atoms. The molecule has 0 spiro atoms. The number of piperidine rings is 1. The molecule has 0 bridgehead atoms. The summed E-state index contributed by atoms with van der Waals surface area (Å²) in [6.07, 6.45) is 6.95. The minimum Gasteiger partial charge on any atom is -0.354 e. The first-order chi connectivity index (χ1) is 9.72. The third kappa shape index (κ3) is 2.71. The molecule has 1 saturated heterocycles. The Morgan fingerprint density at radius 2 is 2.20 bits per heavy atom. The normalized spacial score (nSPS) is 22.8. The van der Waals surface area contributed by atoms with Gasteiger partial charge in [-0.2, -0.15) is 4.79 Å². The molecule has 0 aromatic carbocycles. The number of hydrogen-bond donors (Lipinski definition) is 1. The second kappa shape index (κ2) is 5.44. The van der Waals surface area contributed by atoms with E-state index in [2.05, 4.69) is 37.3 Å². The zero-order valence-corrected chi connectivity index (χ0v) is 11.8. The van der Waals surface area contributed by atoms with Gasteiger partial charge in [0, 0.05) is 30.4 Å². The average molecular weight is 273 g/mol. The van der Waals surface area contributed by atoms with E-state index >= 15 is 0 Å². The molecule has 1 aliphatic rings. The van der Waals surface area contributed by atoms with E-state index in [1.807, 2.05) is 13.0 Å². The van der Waals surface area contributed by atoms with Crippen molar-refractivity contribution in [2.75, 3.05) is 16.9 Å². The number of anilines is 1. The van der Waals surface area contributed by atoms with Crippen LogP contribution in [-0.2, 0) is 0 Å². The lowest BCUT2D eigenvalue weighted by atomic mass is 9.99. The highest BCUT2D eigenvalue weighted by atomic mass is 15.6. The van der Waals surface area contributed by atoms with Gasteiger partial charge < -0.3 is 10.3 Å². The lowest BCUT2D eigenvalue weighted by Crippen LogP contribution is -2.47. The fourth-order valence-corrected chi connectivity index (χ4v) is 2.69. The van der Waals surface area contributed by atoms with Crippen LogP contribution in [0.2, 0.25) is 0 Å². The number of aromatic nitrogens is 5. The van der Waals surface area contributed by atoms with Crippen LogP contribution in [0.15, 0.2) is 25.0 Å². The summed E-state index contributed by atoms with van der Waals surface area (Å²) < 4.78 is 0. The summed E-state index contributed by atoms with van der Waals surface area (Å²) in [6.45, 7) is 5.20. The lowest BCUT2D eigenvalue weighted by molar-refractivity contribution is 0.417. The van der Waals surface area contributed by atoms with E-state index in [4.69, 9.17) is 0 Å². The van der Waals surface area contributed by atoms with Crippen LogP contribution in [0.3, 0.4) is 0 Å². The van der Waals surface area contributed by atoms with Gasteiger partial charge in [-0.25, -0.2) is 15.0 Å². The van der Waals surface area contributed by atoms with Crippen LogP contribution >= 0.6 is 0 Å². The van der Waals surface area contributed by atoms with Gasteiger partial charge in [-0.3, -0.25) is 0 Å². The number of aryl methyl sites for hydroxylation is 1. The molecule has 2 aromatic heterocycles. The van der Waals surface area contributed by atoms with Crippen molar-refractivity contribution in [1.82, 2.24) is 24.8 Å². The Kier molecular flexibility index (Phi) is 3.49. The first kappa shape index (κ1) is 12.8. The smallest absolute Gasteiger partial charge is 0.139 e. The van der Waals surface area contributed by atoms with Crippen molar-refractivity contribution in [3.05, 3.63) is 30.7 Å². The highest BCUT2D eigenvalue weighted by Crippen LogP contribution is 2.23. The molecule has 3 heterocycles. The molecule has 0 amide bonds.